The van der Waals surface area contributed by atoms with Gasteiger partial charge < -0.3 is 29.2 Å². The van der Waals surface area contributed by atoms with E-state index in [9.17, 15) is 4.79 Å². The summed E-state index contributed by atoms with van der Waals surface area (Å²) in [5, 5.41) is 2.95. The third kappa shape index (κ3) is 3.65. The molecule has 0 saturated heterocycles. The Balaban J connectivity index is 1.81. The van der Waals surface area contributed by atoms with Gasteiger partial charge >= 0.3 is 6.03 Å². The standard InChI is InChI=1S/C21H26N2O5/c1-13-16-12-20(28-5)18(26-3)10-14(16)8-9-23(13)21(24)22-15-6-7-17(25-2)19(11-15)27-4/h6-7,10-13H,8-9H2,1-5H3,(H,22,24)/t13-/m1/s1. The number of urea groups is 1. The van der Waals surface area contributed by atoms with Gasteiger partial charge in [-0.25, -0.2) is 4.79 Å². The minimum atomic E-state index is -0.167. The molecule has 1 heterocycles. The Kier molecular flexibility index (Phi) is 5.82. The van der Waals surface area contributed by atoms with Gasteiger partial charge in [0.25, 0.3) is 0 Å². The van der Waals surface area contributed by atoms with Crippen LogP contribution in [0.2, 0.25) is 0 Å². The number of rotatable bonds is 5. The highest BCUT2D eigenvalue weighted by Crippen LogP contribution is 2.38. The largest absolute Gasteiger partial charge is 0.493 e. The lowest BCUT2D eigenvalue weighted by Gasteiger charge is -2.35. The Hall–Kier alpha value is -3.09. The Morgan fingerprint density at radius 2 is 1.54 bits per heavy atom. The van der Waals surface area contributed by atoms with Crippen LogP contribution >= 0.6 is 0 Å². The van der Waals surface area contributed by atoms with Gasteiger partial charge in [-0.05, 0) is 48.7 Å². The first-order chi connectivity index (χ1) is 13.5. The van der Waals surface area contributed by atoms with E-state index in [1.165, 1.54) is 5.56 Å². The fourth-order valence-electron chi connectivity index (χ4n) is 3.53. The maximum Gasteiger partial charge on any atom is 0.322 e. The fraction of sp³-hybridized carbons (Fsp3) is 0.381. The van der Waals surface area contributed by atoms with Crippen LogP contribution in [0.4, 0.5) is 10.5 Å². The molecule has 2 aromatic rings. The zero-order chi connectivity index (χ0) is 20.3. The predicted molar refractivity (Wildman–Crippen MR) is 107 cm³/mol. The number of amides is 2. The molecule has 1 N–H and O–H groups in total. The second kappa shape index (κ2) is 8.29. The summed E-state index contributed by atoms with van der Waals surface area (Å²) in [6.45, 7) is 2.63. The van der Waals surface area contributed by atoms with Gasteiger partial charge in [0.2, 0.25) is 0 Å². The number of fused-ring (bicyclic) bond motifs is 1. The Labute approximate surface area is 165 Å². The molecule has 7 nitrogen and oxygen atoms in total. The normalized spacial score (nSPS) is 15.5. The van der Waals surface area contributed by atoms with Crippen LogP contribution in [0.5, 0.6) is 23.0 Å². The zero-order valence-electron chi connectivity index (χ0n) is 16.9. The number of carbonyl (C=O) groups excluding carboxylic acids is 1. The van der Waals surface area contributed by atoms with Gasteiger partial charge in [-0.3, -0.25) is 0 Å². The van der Waals surface area contributed by atoms with Gasteiger partial charge in [-0.1, -0.05) is 0 Å². The smallest absolute Gasteiger partial charge is 0.322 e. The summed E-state index contributed by atoms with van der Waals surface area (Å²) in [5.41, 5.74) is 2.87. The molecule has 3 rings (SSSR count). The Morgan fingerprint density at radius 1 is 0.929 bits per heavy atom. The molecule has 0 unspecified atom stereocenters. The highest BCUT2D eigenvalue weighted by molar-refractivity contribution is 5.90. The number of hydrogen-bond acceptors (Lipinski definition) is 5. The monoisotopic (exact) mass is 386 g/mol. The molecule has 0 saturated carbocycles. The van der Waals surface area contributed by atoms with E-state index in [0.29, 0.717) is 35.2 Å². The molecular weight excluding hydrogens is 360 g/mol. The topological polar surface area (TPSA) is 69.3 Å². The van der Waals surface area contributed by atoms with Crippen LogP contribution in [0.3, 0.4) is 0 Å². The highest BCUT2D eigenvalue weighted by Gasteiger charge is 2.29. The van der Waals surface area contributed by atoms with Crippen LogP contribution in [-0.4, -0.2) is 45.9 Å². The average molecular weight is 386 g/mol. The molecule has 0 radical (unpaired) electrons. The maximum absolute atomic E-state index is 12.9. The third-order valence-electron chi connectivity index (χ3n) is 5.08. The van der Waals surface area contributed by atoms with Gasteiger partial charge in [0.05, 0.1) is 34.5 Å². The van der Waals surface area contributed by atoms with Crippen LogP contribution in [0, 0.1) is 0 Å². The summed E-state index contributed by atoms with van der Waals surface area (Å²) in [6.07, 6.45) is 0.749. The highest BCUT2D eigenvalue weighted by atomic mass is 16.5. The van der Waals surface area contributed by atoms with Gasteiger partial charge in [0.1, 0.15) is 0 Å². The predicted octanol–water partition coefficient (Wildman–Crippen LogP) is 3.87. The summed E-state index contributed by atoms with van der Waals surface area (Å²) < 4.78 is 21.4. The van der Waals surface area contributed by atoms with Crippen molar-refractivity contribution in [3.8, 4) is 23.0 Å². The van der Waals surface area contributed by atoms with Crippen molar-refractivity contribution < 1.29 is 23.7 Å². The molecule has 1 aliphatic heterocycles. The Morgan fingerprint density at radius 3 is 2.18 bits per heavy atom. The van der Waals surface area contributed by atoms with Crippen molar-refractivity contribution in [3.63, 3.8) is 0 Å². The summed E-state index contributed by atoms with van der Waals surface area (Å²) in [6, 6.07) is 8.98. The number of benzene rings is 2. The molecule has 2 aromatic carbocycles. The van der Waals surface area contributed by atoms with Crippen LogP contribution in [0.15, 0.2) is 30.3 Å². The van der Waals surface area contributed by atoms with E-state index >= 15 is 0 Å². The SMILES string of the molecule is COc1ccc(NC(=O)N2CCc3cc(OC)c(OC)cc3[C@H]2C)cc1OC. The number of anilines is 1. The first kappa shape index (κ1) is 19.7. The first-order valence-corrected chi connectivity index (χ1v) is 9.06. The molecule has 1 aliphatic rings. The van der Waals surface area contributed by atoms with Gasteiger partial charge in [0, 0.05) is 18.3 Å². The van der Waals surface area contributed by atoms with Crippen molar-refractivity contribution in [2.45, 2.75) is 19.4 Å². The average Bonchev–Trinajstić information content (AvgIpc) is 2.72. The second-order valence-corrected chi connectivity index (χ2v) is 6.53. The van der Waals surface area contributed by atoms with E-state index < -0.39 is 0 Å². The van der Waals surface area contributed by atoms with E-state index in [4.69, 9.17) is 18.9 Å². The first-order valence-electron chi connectivity index (χ1n) is 9.06. The summed E-state index contributed by atoms with van der Waals surface area (Å²) in [5.74, 6) is 2.54. The van der Waals surface area contributed by atoms with E-state index in [-0.39, 0.29) is 12.1 Å². The molecule has 0 bridgehead atoms. The van der Waals surface area contributed by atoms with E-state index in [0.717, 1.165) is 12.0 Å². The molecule has 0 spiro atoms. The minimum absolute atomic E-state index is 0.0938. The van der Waals surface area contributed by atoms with Gasteiger partial charge in [-0.2, -0.15) is 0 Å². The summed E-state index contributed by atoms with van der Waals surface area (Å²) >= 11 is 0. The fourth-order valence-corrected chi connectivity index (χ4v) is 3.53. The second-order valence-electron chi connectivity index (χ2n) is 6.53. The van der Waals surface area contributed by atoms with E-state index in [1.54, 1.807) is 46.6 Å². The van der Waals surface area contributed by atoms with Crippen LogP contribution in [0.1, 0.15) is 24.1 Å². The van der Waals surface area contributed by atoms with Crippen molar-refractivity contribution >= 4 is 11.7 Å². The van der Waals surface area contributed by atoms with E-state index in [1.807, 2.05) is 24.0 Å². The van der Waals surface area contributed by atoms with Crippen molar-refractivity contribution in [3.05, 3.63) is 41.5 Å². The van der Waals surface area contributed by atoms with Gasteiger partial charge in [0.15, 0.2) is 23.0 Å². The summed E-state index contributed by atoms with van der Waals surface area (Å²) in [4.78, 5) is 14.7. The van der Waals surface area contributed by atoms with Gasteiger partial charge in [-0.15, -0.1) is 0 Å². The molecule has 1 atom stereocenters. The number of hydrogen-bond donors (Lipinski definition) is 1. The maximum atomic E-state index is 12.9. The van der Waals surface area contributed by atoms with Crippen LogP contribution in [-0.2, 0) is 6.42 Å². The van der Waals surface area contributed by atoms with Crippen molar-refractivity contribution in [1.82, 2.24) is 4.90 Å². The lowest BCUT2D eigenvalue weighted by Crippen LogP contribution is -2.41. The number of nitrogens with zero attached hydrogens (tertiary/aromatic N) is 1. The lowest BCUT2D eigenvalue weighted by atomic mass is 9.93. The lowest BCUT2D eigenvalue weighted by molar-refractivity contribution is 0.188. The zero-order valence-corrected chi connectivity index (χ0v) is 16.9. The molecule has 0 aliphatic carbocycles. The van der Waals surface area contributed by atoms with E-state index in [2.05, 4.69) is 5.32 Å². The molecule has 2 amide bonds. The van der Waals surface area contributed by atoms with Crippen LogP contribution in [0.25, 0.3) is 0 Å². The number of ether oxygens (including phenoxy) is 4. The molecule has 0 fully saturated rings. The minimum Gasteiger partial charge on any atom is -0.493 e. The number of methoxy groups -OCH3 is 4. The molecule has 7 heteroatoms. The molecule has 150 valence electrons. The van der Waals surface area contributed by atoms with Crippen molar-refractivity contribution in [1.29, 1.82) is 0 Å². The van der Waals surface area contributed by atoms with Crippen LogP contribution < -0.4 is 24.3 Å². The molecule has 28 heavy (non-hydrogen) atoms. The third-order valence-corrected chi connectivity index (χ3v) is 5.08. The van der Waals surface area contributed by atoms with Crippen molar-refractivity contribution in [2.24, 2.45) is 0 Å². The molecular formula is C21H26N2O5. The molecule has 0 aromatic heterocycles. The number of carbonyl (C=O) groups is 1. The quantitative estimate of drug-likeness (QED) is 0.845. The van der Waals surface area contributed by atoms with Crippen molar-refractivity contribution in [2.75, 3.05) is 40.3 Å². The Bertz CT molecular complexity index is 868. The summed E-state index contributed by atoms with van der Waals surface area (Å²) in [7, 11) is 6.37. The number of nitrogens with one attached hydrogen (secondary N) is 1.